The number of pyridine rings is 1. The van der Waals surface area contributed by atoms with Gasteiger partial charge in [0.05, 0.1) is 11.9 Å². The fourth-order valence-corrected chi connectivity index (χ4v) is 2.96. The van der Waals surface area contributed by atoms with E-state index in [0.29, 0.717) is 12.2 Å². The summed E-state index contributed by atoms with van der Waals surface area (Å²) in [5, 5.41) is 6.21. The summed E-state index contributed by atoms with van der Waals surface area (Å²) in [6.07, 6.45) is 1.66. The molecule has 1 aliphatic rings. The van der Waals surface area contributed by atoms with Crippen LogP contribution in [0.4, 0.5) is 11.4 Å². The third-order valence-electron chi connectivity index (χ3n) is 4.78. The highest BCUT2D eigenvalue weighted by atomic mass is 16.7. The van der Waals surface area contributed by atoms with Crippen molar-refractivity contribution < 1.29 is 14.3 Å². The topological polar surface area (TPSA) is 72.5 Å². The number of carbonyl (C=O) groups excluding carboxylic acids is 1. The summed E-state index contributed by atoms with van der Waals surface area (Å²) in [6, 6.07) is 15.2. The van der Waals surface area contributed by atoms with E-state index in [4.69, 9.17) is 9.47 Å². The maximum atomic E-state index is 12.5. The van der Waals surface area contributed by atoms with Gasteiger partial charge in [0.1, 0.15) is 5.69 Å². The molecular formula is C22H21N3O3. The summed E-state index contributed by atoms with van der Waals surface area (Å²) < 4.78 is 10.7. The van der Waals surface area contributed by atoms with Gasteiger partial charge in [0.15, 0.2) is 11.5 Å². The predicted octanol–water partition coefficient (Wildman–Crippen LogP) is 4.29. The predicted molar refractivity (Wildman–Crippen MR) is 108 cm³/mol. The lowest BCUT2D eigenvalue weighted by atomic mass is 10.1. The molecular weight excluding hydrogens is 354 g/mol. The lowest BCUT2D eigenvalue weighted by Crippen LogP contribution is -2.14. The number of rotatable bonds is 5. The molecule has 1 aromatic heterocycles. The Morgan fingerprint density at radius 3 is 2.75 bits per heavy atom. The summed E-state index contributed by atoms with van der Waals surface area (Å²) in [5.74, 6) is 1.30. The average Bonchev–Trinajstić information content (AvgIpc) is 3.18. The van der Waals surface area contributed by atoms with Gasteiger partial charge < -0.3 is 20.1 Å². The van der Waals surface area contributed by atoms with E-state index in [1.165, 1.54) is 0 Å². The molecule has 0 saturated heterocycles. The van der Waals surface area contributed by atoms with Crippen molar-refractivity contribution in [3.63, 3.8) is 0 Å². The fourth-order valence-electron chi connectivity index (χ4n) is 2.96. The number of amides is 1. The second-order valence-corrected chi connectivity index (χ2v) is 6.67. The number of hydrogen-bond acceptors (Lipinski definition) is 5. The van der Waals surface area contributed by atoms with Crippen molar-refractivity contribution in [2.24, 2.45) is 0 Å². The summed E-state index contributed by atoms with van der Waals surface area (Å²) in [7, 11) is 0. The van der Waals surface area contributed by atoms with Crippen LogP contribution in [0.3, 0.4) is 0 Å². The molecule has 28 heavy (non-hydrogen) atoms. The highest BCUT2D eigenvalue weighted by Gasteiger charge is 2.13. The van der Waals surface area contributed by atoms with Crippen LogP contribution in [-0.4, -0.2) is 17.7 Å². The van der Waals surface area contributed by atoms with Gasteiger partial charge in [-0.2, -0.15) is 0 Å². The van der Waals surface area contributed by atoms with Crippen LogP contribution in [0.25, 0.3) is 0 Å². The number of ether oxygens (including phenoxy) is 2. The molecule has 2 aromatic carbocycles. The number of hydrogen-bond donors (Lipinski definition) is 2. The minimum Gasteiger partial charge on any atom is -0.454 e. The monoisotopic (exact) mass is 375 g/mol. The Morgan fingerprint density at radius 2 is 1.93 bits per heavy atom. The van der Waals surface area contributed by atoms with Crippen LogP contribution in [0, 0.1) is 13.8 Å². The van der Waals surface area contributed by atoms with Gasteiger partial charge in [-0.25, -0.2) is 4.98 Å². The summed E-state index contributed by atoms with van der Waals surface area (Å²) in [5.41, 5.74) is 5.26. The standard InChI is InChI=1S/C22H21N3O3/c1-14-4-3-5-18(15(14)2)25-22(26)19-8-7-17(12-24-19)23-11-16-6-9-20-21(10-16)28-13-27-20/h3-10,12,23H,11,13H2,1-2H3,(H,25,26). The Morgan fingerprint density at radius 1 is 1.07 bits per heavy atom. The van der Waals surface area contributed by atoms with E-state index in [-0.39, 0.29) is 12.7 Å². The van der Waals surface area contributed by atoms with E-state index < -0.39 is 0 Å². The zero-order valence-electron chi connectivity index (χ0n) is 15.8. The lowest BCUT2D eigenvalue weighted by molar-refractivity contribution is 0.102. The molecule has 4 rings (SSSR count). The van der Waals surface area contributed by atoms with Crippen molar-refractivity contribution in [3.8, 4) is 11.5 Å². The van der Waals surface area contributed by atoms with E-state index in [0.717, 1.165) is 39.6 Å². The number of nitrogens with one attached hydrogen (secondary N) is 2. The second kappa shape index (κ2) is 7.60. The molecule has 3 aromatic rings. The van der Waals surface area contributed by atoms with Crippen molar-refractivity contribution in [2.45, 2.75) is 20.4 Å². The third kappa shape index (κ3) is 3.76. The smallest absolute Gasteiger partial charge is 0.274 e. The number of fused-ring (bicyclic) bond motifs is 1. The highest BCUT2D eigenvalue weighted by molar-refractivity contribution is 6.03. The molecule has 0 radical (unpaired) electrons. The molecule has 0 fully saturated rings. The minimum absolute atomic E-state index is 0.226. The number of carbonyl (C=O) groups is 1. The first-order valence-electron chi connectivity index (χ1n) is 9.06. The van der Waals surface area contributed by atoms with Crippen LogP contribution < -0.4 is 20.1 Å². The molecule has 6 heteroatoms. The first-order chi connectivity index (χ1) is 13.6. The Kier molecular flexibility index (Phi) is 4.85. The van der Waals surface area contributed by atoms with Crippen LogP contribution in [-0.2, 0) is 6.54 Å². The summed E-state index contributed by atoms with van der Waals surface area (Å²) in [6.45, 7) is 4.89. The Bertz CT molecular complexity index is 1020. The minimum atomic E-state index is -0.226. The lowest BCUT2D eigenvalue weighted by Gasteiger charge is -2.11. The van der Waals surface area contributed by atoms with Crippen molar-refractivity contribution in [1.29, 1.82) is 0 Å². The number of anilines is 2. The molecule has 2 N–H and O–H groups in total. The first-order valence-corrected chi connectivity index (χ1v) is 9.06. The normalized spacial score (nSPS) is 11.9. The molecule has 1 amide bonds. The molecule has 0 unspecified atom stereocenters. The summed E-state index contributed by atoms with van der Waals surface area (Å²) >= 11 is 0. The maximum Gasteiger partial charge on any atom is 0.274 e. The SMILES string of the molecule is Cc1cccc(NC(=O)c2ccc(NCc3ccc4c(c3)OCO4)cn2)c1C. The van der Waals surface area contributed by atoms with Gasteiger partial charge in [-0.05, 0) is 60.9 Å². The quantitative estimate of drug-likeness (QED) is 0.696. The van der Waals surface area contributed by atoms with Crippen molar-refractivity contribution in [2.75, 3.05) is 17.4 Å². The van der Waals surface area contributed by atoms with Crippen LogP contribution in [0.1, 0.15) is 27.2 Å². The Balaban J connectivity index is 1.38. The van der Waals surface area contributed by atoms with E-state index in [2.05, 4.69) is 15.6 Å². The van der Waals surface area contributed by atoms with Crippen LogP contribution >= 0.6 is 0 Å². The molecule has 0 bridgehead atoms. The number of aromatic nitrogens is 1. The largest absolute Gasteiger partial charge is 0.454 e. The summed E-state index contributed by atoms with van der Waals surface area (Å²) in [4.78, 5) is 16.7. The second-order valence-electron chi connectivity index (χ2n) is 6.67. The van der Waals surface area contributed by atoms with Crippen molar-refractivity contribution in [1.82, 2.24) is 4.98 Å². The van der Waals surface area contributed by atoms with Gasteiger partial charge in [-0.15, -0.1) is 0 Å². The van der Waals surface area contributed by atoms with Gasteiger partial charge in [-0.1, -0.05) is 18.2 Å². The number of nitrogens with zero attached hydrogens (tertiary/aromatic N) is 1. The molecule has 1 aliphatic heterocycles. The molecule has 0 atom stereocenters. The molecule has 0 aliphatic carbocycles. The fraction of sp³-hybridized carbons (Fsp3) is 0.182. The zero-order valence-corrected chi connectivity index (χ0v) is 15.8. The Hall–Kier alpha value is -3.54. The van der Waals surface area contributed by atoms with E-state index in [9.17, 15) is 4.79 Å². The van der Waals surface area contributed by atoms with Crippen molar-refractivity contribution in [3.05, 3.63) is 77.1 Å². The molecule has 2 heterocycles. The zero-order chi connectivity index (χ0) is 19.5. The van der Waals surface area contributed by atoms with Gasteiger partial charge in [-0.3, -0.25) is 4.79 Å². The van der Waals surface area contributed by atoms with Gasteiger partial charge in [0.2, 0.25) is 6.79 Å². The number of benzene rings is 2. The van der Waals surface area contributed by atoms with E-state index in [1.54, 1.807) is 12.3 Å². The van der Waals surface area contributed by atoms with Gasteiger partial charge in [0, 0.05) is 12.2 Å². The van der Waals surface area contributed by atoms with E-state index in [1.807, 2.05) is 56.3 Å². The van der Waals surface area contributed by atoms with Gasteiger partial charge in [0.25, 0.3) is 5.91 Å². The number of aryl methyl sites for hydroxylation is 1. The van der Waals surface area contributed by atoms with Crippen molar-refractivity contribution >= 4 is 17.3 Å². The van der Waals surface area contributed by atoms with Crippen LogP contribution in [0.15, 0.2) is 54.7 Å². The average molecular weight is 375 g/mol. The first kappa shape index (κ1) is 17.9. The van der Waals surface area contributed by atoms with Crippen LogP contribution in [0.5, 0.6) is 11.5 Å². The molecule has 0 saturated carbocycles. The third-order valence-corrected chi connectivity index (χ3v) is 4.78. The Labute approximate surface area is 163 Å². The van der Waals surface area contributed by atoms with E-state index >= 15 is 0 Å². The highest BCUT2D eigenvalue weighted by Crippen LogP contribution is 2.32. The molecule has 0 spiro atoms. The van der Waals surface area contributed by atoms with Crippen LogP contribution in [0.2, 0.25) is 0 Å². The molecule has 6 nitrogen and oxygen atoms in total. The maximum absolute atomic E-state index is 12.5. The van der Waals surface area contributed by atoms with Gasteiger partial charge >= 0.3 is 0 Å². The molecule has 142 valence electrons.